The minimum atomic E-state index is 0.132. The lowest BCUT2D eigenvalue weighted by atomic mass is 10.1. The molecule has 0 radical (unpaired) electrons. The van der Waals surface area contributed by atoms with E-state index in [4.69, 9.17) is 0 Å². The molecular formula is C10H21N3O. The van der Waals surface area contributed by atoms with Gasteiger partial charge in [0.2, 0.25) is 5.91 Å². The van der Waals surface area contributed by atoms with Gasteiger partial charge in [0.25, 0.3) is 0 Å². The number of amides is 1. The summed E-state index contributed by atoms with van der Waals surface area (Å²) in [5, 5.41) is 6.14. The first-order valence-electron chi connectivity index (χ1n) is 5.23. The third-order valence-electron chi connectivity index (χ3n) is 2.63. The standard InChI is InChI=1S/C10H21N3O/c1-11-10(14)6-8-4-5-9(12-8)7-13(2)3/h8-9,12H,4-7H2,1-3H3,(H,11,14)/t8-,9-/m1/s1. The largest absolute Gasteiger partial charge is 0.359 e. The van der Waals surface area contributed by atoms with E-state index in [1.54, 1.807) is 7.05 Å². The van der Waals surface area contributed by atoms with Crippen LogP contribution in [0.3, 0.4) is 0 Å². The third kappa shape index (κ3) is 3.64. The van der Waals surface area contributed by atoms with Gasteiger partial charge in [0.15, 0.2) is 0 Å². The van der Waals surface area contributed by atoms with E-state index in [2.05, 4.69) is 29.6 Å². The van der Waals surface area contributed by atoms with Gasteiger partial charge in [0.05, 0.1) is 0 Å². The van der Waals surface area contributed by atoms with Crippen molar-refractivity contribution >= 4 is 5.91 Å². The summed E-state index contributed by atoms with van der Waals surface area (Å²) in [6.07, 6.45) is 2.91. The van der Waals surface area contributed by atoms with Gasteiger partial charge in [-0.05, 0) is 26.9 Å². The highest BCUT2D eigenvalue weighted by molar-refractivity contribution is 5.76. The number of carbonyl (C=O) groups excluding carboxylic acids is 1. The topological polar surface area (TPSA) is 44.4 Å². The Morgan fingerprint density at radius 1 is 1.43 bits per heavy atom. The molecule has 1 aliphatic heterocycles. The minimum Gasteiger partial charge on any atom is -0.359 e. The van der Waals surface area contributed by atoms with Crippen molar-refractivity contribution in [1.82, 2.24) is 15.5 Å². The van der Waals surface area contributed by atoms with Gasteiger partial charge >= 0.3 is 0 Å². The van der Waals surface area contributed by atoms with Gasteiger partial charge in [-0.15, -0.1) is 0 Å². The molecule has 0 saturated carbocycles. The maximum atomic E-state index is 11.1. The number of nitrogens with one attached hydrogen (secondary N) is 2. The molecule has 0 aromatic heterocycles. The summed E-state index contributed by atoms with van der Waals surface area (Å²) < 4.78 is 0. The summed E-state index contributed by atoms with van der Waals surface area (Å²) in [5.74, 6) is 0.132. The van der Waals surface area contributed by atoms with Crippen LogP contribution in [0, 0.1) is 0 Å². The number of hydrogen-bond acceptors (Lipinski definition) is 3. The molecule has 82 valence electrons. The summed E-state index contributed by atoms with van der Waals surface area (Å²) in [6, 6.07) is 0.930. The second-order valence-electron chi connectivity index (χ2n) is 4.28. The van der Waals surface area contributed by atoms with Crippen LogP contribution >= 0.6 is 0 Å². The van der Waals surface area contributed by atoms with Crippen LogP contribution in [0.4, 0.5) is 0 Å². The number of likely N-dealkylation sites (N-methyl/N-ethyl adjacent to an activating group) is 1. The van der Waals surface area contributed by atoms with Crippen molar-refractivity contribution < 1.29 is 4.79 Å². The van der Waals surface area contributed by atoms with Crippen LogP contribution in [0.15, 0.2) is 0 Å². The second kappa shape index (κ2) is 5.32. The molecule has 1 fully saturated rings. The number of nitrogens with zero attached hydrogens (tertiary/aromatic N) is 1. The Hall–Kier alpha value is -0.610. The quantitative estimate of drug-likeness (QED) is 0.659. The lowest BCUT2D eigenvalue weighted by Gasteiger charge is -2.17. The fourth-order valence-electron chi connectivity index (χ4n) is 1.97. The van der Waals surface area contributed by atoms with Gasteiger partial charge in [-0.3, -0.25) is 4.79 Å². The van der Waals surface area contributed by atoms with E-state index >= 15 is 0 Å². The number of rotatable bonds is 4. The van der Waals surface area contributed by atoms with Crippen molar-refractivity contribution in [1.29, 1.82) is 0 Å². The van der Waals surface area contributed by atoms with E-state index in [-0.39, 0.29) is 5.91 Å². The van der Waals surface area contributed by atoms with E-state index in [9.17, 15) is 4.79 Å². The van der Waals surface area contributed by atoms with Gasteiger partial charge in [0.1, 0.15) is 0 Å². The molecule has 14 heavy (non-hydrogen) atoms. The fourth-order valence-corrected chi connectivity index (χ4v) is 1.97. The zero-order valence-electron chi connectivity index (χ0n) is 9.34. The van der Waals surface area contributed by atoms with E-state index in [1.165, 1.54) is 6.42 Å². The van der Waals surface area contributed by atoms with Crippen LogP contribution in [-0.2, 0) is 4.79 Å². The molecule has 4 nitrogen and oxygen atoms in total. The fraction of sp³-hybridized carbons (Fsp3) is 0.900. The van der Waals surface area contributed by atoms with E-state index < -0.39 is 0 Å². The van der Waals surface area contributed by atoms with Crippen molar-refractivity contribution in [2.24, 2.45) is 0 Å². The normalized spacial score (nSPS) is 26.9. The molecule has 2 atom stereocenters. The molecule has 1 heterocycles. The summed E-state index contributed by atoms with van der Waals surface area (Å²) in [4.78, 5) is 13.3. The van der Waals surface area contributed by atoms with Gasteiger partial charge in [0, 0.05) is 32.1 Å². The number of hydrogen-bond donors (Lipinski definition) is 2. The summed E-state index contributed by atoms with van der Waals surface area (Å²) in [6.45, 7) is 1.06. The van der Waals surface area contributed by atoms with Crippen molar-refractivity contribution in [3.63, 3.8) is 0 Å². The van der Waals surface area contributed by atoms with Crippen molar-refractivity contribution in [2.75, 3.05) is 27.7 Å². The van der Waals surface area contributed by atoms with Crippen LogP contribution in [0.2, 0.25) is 0 Å². The molecule has 1 amide bonds. The van der Waals surface area contributed by atoms with Gasteiger partial charge in [-0.1, -0.05) is 0 Å². The van der Waals surface area contributed by atoms with Crippen molar-refractivity contribution in [3.8, 4) is 0 Å². The molecule has 0 bridgehead atoms. The molecule has 1 saturated heterocycles. The minimum absolute atomic E-state index is 0.132. The zero-order valence-corrected chi connectivity index (χ0v) is 9.34. The molecule has 1 rings (SSSR count). The molecule has 0 aromatic rings. The third-order valence-corrected chi connectivity index (χ3v) is 2.63. The molecule has 1 aliphatic rings. The van der Waals surface area contributed by atoms with Crippen LogP contribution in [0.1, 0.15) is 19.3 Å². The Bertz CT molecular complexity index is 194. The van der Waals surface area contributed by atoms with Crippen LogP contribution in [0.5, 0.6) is 0 Å². The van der Waals surface area contributed by atoms with Gasteiger partial charge in [-0.25, -0.2) is 0 Å². The predicted molar refractivity (Wildman–Crippen MR) is 57.2 cm³/mol. The monoisotopic (exact) mass is 199 g/mol. The molecule has 0 unspecified atom stereocenters. The van der Waals surface area contributed by atoms with Crippen molar-refractivity contribution in [2.45, 2.75) is 31.3 Å². The van der Waals surface area contributed by atoms with Crippen LogP contribution in [-0.4, -0.2) is 50.6 Å². The van der Waals surface area contributed by atoms with Gasteiger partial charge in [-0.2, -0.15) is 0 Å². The average Bonchev–Trinajstić information content (AvgIpc) is 2.51. The second-order valence-corrected chi connectivity index (χ2v) is 4.28. The van der Waals surface area contributed by atoms with E-state index in [1.807, 2.05) is 0 Å². The highest BCUT2D eigenvalue weighted by Gasteiger charge is 2.25. The lowest BCUT2D eigenvalue weighted by Crippen LogP contribution is -2.38. The predicted octanol–water partition coefficient (Wildman–Crippen LogP) is -0.195. The number of carbonyl (C=O) groups is 1. The Morgan fingerprint density at radius 3 is 2.64 bits per heavy atom. The SMILES string of the molecule is CNC(=O)C[C@H]1CC[C@H](CN(C)C)N1. The summed E-state index contributed by atoms with van der Waals surface area (Å²) >= 11 is 0. The molecule has 4 heteroatoms. The Balaban J connectivity index is 2.23. The molecular weight excluding hydrogens is 178 g/mol. The average molecular weight is 199 g/mol. The Labute approximate surface area is 86.0 Å². The first-order valence-corrected chi connectivity index (χ1v) is 5.23. The van der Waals surface area contributed by atoms with Crippen LogP contribution in [0.25, 0.3) is 0 Å². The highest BCUT2D eigenvalue weighted by atomic mass is 16.1. The van der Waals surface area contributed by atoms with E-state index in [0.717, 1.165) is 13.0 Å². The van der Waals surface area contributed by atoms with E-state index in [0.29, 0.717) is 18.5 Å². The van der Waals surface area contributed by atoms with Crippen molar-refractivity contribution in [3.05, 3.63) is 0 Å². The van der Waals surface area contributed by atoms with Crippen LogP contribution < -0.4 is 10.6 Å². The smallest absolute Gasteiger partial charge is 0.221 e. The lowest BCUT2D eigenvalue weighted by molar-refractivity contribution is -0.121. The maximum absolute atomic E-state index is 11.1. The summed E-state index contributed by atoms with van der Waals surface area (Å²) in [7, 11) is 5.84. The maximum Gasteiger partial charge on any atom is 0.221 e. The zero-order chi connectivity index (χ0) is 10.6. The first-order chi connectivity index (χ1) is 6.61. The molecule has 2 N–H and O–H groups in total. The summed E-state index contributed by atoms with van der Waals surface area (Å²) in [5.41, 5.74) is 0. The van der Waals surface area contributed by atoms with Gasteiger partial charge < -0.3 is 15.5 Å². The first kappa shape index (κ1) is 11.5. The Kier molecular flexibility index (Phi) is 4.35. The molecule has 0 aliphatic carbocycles. The molecule has 0 spiro atoms. The Morgan fingerprint density at radius 2 is 2.07 bits per heavy atom. The molecule has 0 aromatic carbocycles. The highest BCUT2D eigenvalue weighted by Crippen LogP contribution is 2.15.